The van der Waals surface area contributed by atoms with Crippen molar-refractivity contribution >= 4 is 46.1 Å². The lowest BCUT2D eigenvalue weighted by Crippen LogP contribution is -2.39. The van der Waals surface area contributed by atoms with E-state index in [9.17, 15) is 4.79 Å². The second kappa shape index (κ2) is 7.70. The van der Waals surface area contributed by atoms with E-state index in [1.54, 1.807) is 11.3 Å². The number of fused-ring (bicyclic) bond motifs is 2. The predicted molar refractivity (Wildman–Crippen MR) is 106 cm³/mol. The van der Waals surface area contributed by atoms with Gasteiger partial charge in [0.1, 0.15) is 0 Å². The molecule has 2 aliphatic heterocycles. The van der Waals surface area contributed by atoms with Gasteiger partial charge in [0, 0.05) is 23.9 Å². The molecule has 2 bridgehead atoms. The first-order valence-electron chi connectivity index (χ1n) is 8.52. The summed E-state index contributed by atoms with van der Waals surface area (Å²) in [5.41, 5.74) is 1.92. The van der Waals surface area contributed by atoms with Crippen LogP contribution in [0.5, 0.6) is 0 Å². The molecule has 0 aliphatic carbocycles. The van der Waals surface area contributed by atoms with Crippen LogP contribution in [-0.4, -0.2) is 28.0 Å². The van der Waals surface area contributed by atoms with Crippen LogP contribution in [0.3, 0.4) is 0 Å². The minimum absolute atomic E-state index is 0. The van der Waals surface area contributed by atoms with Gasteiger partial charge in [-0.1, -0.05) is 0 Å². The second-order valence-electron chi connectivity index (χ2n) is 6.91. The van der Waals surface area contributed by atoms with E-state index in [-0.39, 0.29) is 18.3 Å². The van der Waals surface area contributed by atoms with Gasteiger partial charge >= 0.3 is 0 Å². The average molecular weight is 399 g/mol. The maximum Gasteiger partial charge on any atom is 0.226 e. The number of thiazole rings is 2. The summed E-state index contributed by atoms with van der Waals surface area (Å²) in [5, 5.41) is 10.3. The van der Waals surface area contributed by atoms with Gasteiger partial charge in [0.15, 0.2) is 5.13 Å². The molecule has 8 heteroatoms. The van der Waals surface area contributed by atoms with E-state index in [1.165, 1.54) is 24.2 Å². The van der Waals surface area contributed by atoms with E-state index in [0.717, 1.165) is 34.1 Å². The Kier molecular flexibility index (Phi) is 5.78. The predicted octanol–water partition coefficient (Wildman–Crippen LogP) is 4.16. The Morgan fingerprint density at radius 1 is 1.28 bits per heavy atom. The molecule has 2 fully saturated rings. The minimum Gasteiger partial charge on any atom is -0.311 e. The topological polar surface area (TPSA) is 66.9 Å². The average Bonchev–Trinajstić information content (AvgIpc) is 3.19. The van der Waals surface area contributed by atoms with Crippen LogP contribution >= 0.6 is 35.1 Å². The van der Waals surface area contributed by atoms with Crippen LogP contribution in [0.1, 0.15) is 42.8 Å². The number of rotatable bonds is 4. The van der Waals surface area contributed by atoms with Crippen molar-refractivity contribution in [1.29, 1.82) is 0 Å². The maximum absolute atomic E-state index is 12.4. The number of hydrogen-bond acceptors (Lipinski definition) is 6. The van der Waals surface area contributed by atoms with Crippen molar-refractivity contribution in [3.05, 3.63) is 16.1 Å². The first-order valence-corrected chi connectivity index (χ1v) is 10.2. The Bertz CT molecular complexity index is 748. The van der Waals surface area contributed by atoms with Crippen molar-refractivity contribution in [3.8, 4) is 10.6 Å². The van der Waals surface area contributed by atoms with Crippen LogP contribution in [0.25, 0.3) is 10.6 Å². The number of aryl methyl sites for hydroxylation is 2. The highest BCUT2D eigenvalue weighted by Crippen LogP contribution is 2.34. The summed E-state index contributed by atoms with van der Waals surface area (Å²) in [4.78, 5) is 22.5. The van der Waals surface area contributed by atoms with Gasteiger partial charge < -0.3 is 10.6 Å². The molecule has 4 heterocycles. The van der Waals surface area contributed by atoms with Crippen LogP contribution in [0.4, 0.5) is 5.13 Å². The summed E-state index contributed by atoms with van der Waals surface area (Å²) in [6, 6.07) is 1.26. The zero-order valence-corrected chi connectivity index (χ0v) is 16.8. The third-order valence-corrected chi connectivity index (χ3v) is 6.78. The van der Waals surface area contributed by atoms with Gasteiger partial charge in [0.05, 0.1) is 21.3 Å². The summed E-state index contributed by atoms with van der Waals surface area (Å²) in [6.07, 6.45) is 5.42. The first-order chi connectivity index (χ1) is 11.6. The van der Waals surface area contributed by atoms with Crippen LogP contribution in [-0.2, 0) is 4.79 Å². The molecule has 2 N–H and O–H groups in total. The zero-order chi connectivity index (χ0) is 16.7. The van der Waals surface area contributed by atoms with Gasteiger partial charge in [-0.25, -0.2) is 9.97 Å². The van der Waals surface area contributed by atoms with E-state index < -0.39 is 0 Å². The van der Waals surface area contributed by atoms with E-state index in [0.29, 0.717) is 29.6 Å². The summed E-state index contributed by atoms with van der Waals surface area (Å²) in [5.74, 6) is 0.606. The van der Waals surface area contributed by atoms with Gasteiger partial charge in [0.25, 0.3) is 0 Å². The van der Waals surface area contributed by atoms with Crippen molar-refractivity contribution in [1.82, 2.24) is 15.3 Å². The Hall–Kier alpha value is -1.02. The molecule has 25 heavy (non-hydrogen) atoms. The largest absolute Gasteiger partial charge is 0.311 e. The highest BCUT2D eigenvalue weighted by atomic mass is 35.5. The molecule has 5 nitrogen and oxygen atoms in total. The lowest BCUT2D eigenvalue weighted by atomic mass is 9.89. The van der Waals surface area contributed by atoms with E-state index >= 15 is 0 Å². The van der Waals surface area contributed by atoms with Gasteiger partial charge in [-0.05, 0) is 45.4 Å². The molecule has 2 saturated heterocycles. The summed E-state index contributed by atoms with van der Waals surface area (Å²) in [6.45, 7) is 4.00. The standard InChI is InChI=1S/C17H22N4OS2.ClH/c1-9-16(24-10(2)18-9)14-8-23-17(20-14)21-15(22)7-11-5-12-3-4-13(6-11)19-12;/h8,11-13,19H,3-7H2,1-2H3,(H,20,21,22);1H. The molecule has 2 aromatic heterocycles. The van der Waals surface area contributed by atoms with Gasteiger partial charge in [-0.3, -0.25) is 4.79 Å². The van der Waals surface area contributed by atoms with Crippen molar-refractivity contribution in [2.24, 2.45) is 5.92 Å². The third kappa shape index (κ3) is 4.22. The molecule has 2 aliphatic rings. The van der Waals surface area contributed by atoms with Crippen LogP contribution in [0.15, 0.2) is 5.38 Å². The number of hydrogen-bond donors (Lipinski definition) is 2. The van der Waals surface area contributed by atoms with E-state index in [4.69, 9.17) is 0 Å². The van der Waals surface area contributed by atoms with Gasteiger partial charge in [0.2, 0.25) is 5.91 Å². The van der Waals surface area contributed by atoms with Gasteiger partial charge in [-0.15, -0.1) is 35.1 Å². The van der Waals surface area contributed by atoms with E-state index in [1.807, 2.05) is 19.2 Å². The van der Waals surface area contributed by atoms with Crippen molar-refractivity contribution in [2.45, 2.75) is 58.0 Å². The van der Waals surface area contributed by atoms with Crippen molar-refractivity contribution in [2.75, 3.05) is 5.32 Å². The van der Waals surface area contributed by atoms with Crippen LogP contribution < -0.4 is 10.6 Å². The molecule has 1 amide bonds. The molecule has 2 unspecified atom stereocenters. The zero-order valence-electron chi connectivity index (χ0n) is 14.4. The Morgan fingerprint density at radius 3 is 2.64 bits per heavy atom. The quantitative estimate of drug-likeness (QED) is 0.811. The third-order valence-electron chi connectivity index (χ3n) is 4.93. The number of anilines is 1. The number of nitrogens with zero attached hydrogens (tertiary/aromatic N) is 2. The fourth-order valence-corrected chi connectivity index (χ4v) is 5.65. The molecular formula is C17H23ClN4OS2. The normalized spacial score (nSPS) is 24.8. The highest BCUT2D eigenvalue weighted by Gasteiger charge is 2.34. The SMILES string of the molecule is Cc1nc(C)c(-c2csc(NC(=O)CC3CC4CCC(C3)N4)n2)s1.Cl. The number of aromatic nitrogens is 2. The highest BCUT2D eigenvalue weighted by molar-refractivity contribution is 7.16. The monoisotopic (exact) mass is 398 g/mol. The molecule has 0 spiro atoms. The molecule has 0 radical (unpaired) electrons. The first kappa shape index (κ1) is 18.8. The number of amides is 1. The number of carbonyl (C=O) groups excluding carboxylic acids is 1. The van der Waals surface area contributed by atoms with Crippen LogP contribution in [0, 0.1) is 19.8 Å². The lowest BCUT2D eigenvalue weighted by molar-refractivity contribution is -0.117. The number of carbonyl (C=O) groups is 1. The van der Waals surface area contributed by atoms with Gasteiger partial charge in [-0.2, -0.15) is 0 Å². The van der Waals surface area contributed by atoms with Crippen molar-refractivity contribution < 1.29 is 4.79 Å². The molecular weight excluding hydrogens is 376 g/mol. The Labute approximate surface area is 162 Å². The molecule has 0 saturated carbocycles. The maximum atomic E-state index is 12.4. The summed E-state index contributed by atoms with van der Waals surface area (Å²) < 4.78 is 0. The van der Waals surface area contributed by atoms with Crippen LogP contribution in [0.2, 0.25) is 0 Å². The summed E-state index contributed by atoms with van der Waals surface area (Å²) >= 11 is 3.14. The number of piperidine rings is 1. The molecule has 0 aromatic carbocycles. The molecule has 4 rings (SSSR count). The number of halogens is 1. The fourth-order valence-electron chi connectivity index (χ4n) is 3.98. The smallest absolute Gasteiger partial charge is 0.226 e. The van der Waals surface area contributed by atoms with E-state index in [2.05, 4.69) is 20.6 Å². The summed E-state index contributed by atoms with van der Waals surface area (Å²) in [7, 11) is 0. The Balaban J connectivity index is 0.00000182. The minimum atomic E-state index is 0. The Morgan fingerprint density at radius 2 is 2.00 bits per heavy atom. The lowest BCUT2D eigenvalue weighted by Gasteiger charge is -2.28. The molecule has 2 atom stereocenters. The second-order valence-corrected chi connectivity index (χ2v) is 8.97. The number of nitrogens with one attached hydrogen (secondary N) is 2. The molecule has 2 aromatic rings. The van der Waals surface area contributed by atoms with Crippen molar-refractivity contribution in [3.63, 3.8) is 0 Å². The molecule has 136 valence electrons. The fraction of sp³-hybridized carbons (Fsp3) is 0.588.